The van der Waals surface area contributed by atoms with E-state index in [2.05, 4.69) is 10.3 Å². The zero-order chi connectivity index (χ0) is 16.5. The molecule has 2 atom stereocenters. The van der Waals surface area contributed by atoms with E-state index in [1.54, 1.807) is 6.33 Å². The first-order chi connectivity index (χ1) is 11.7. The second-order valence-corrected chi connectivity index (χ2v) is 6.19. The summed E-state index contributed by atoms with van der Waals surface area (Å²) in [6.45, 7) is 0.566. The molecule has 0 bridgehead atoms. The fraction of sp³-hybridized carbons (Fsp3) is 0.263. The average molecular weight is 321 g/mol. The summed E-state index contributed by atoms with van der Waals surface area (Å²) in [5, 5.41) is 13.2. The van der Waals surface area contributed by atoms with E-state index < -0.39 is 6.10 Å². The van der Waals surface area contributed by atoms with Gasteiger partial charge < -0.3 is 15.0 Å². The van der Waals surface area contributed by atoms with E-state index in [-0.39, 0.29) is 11.9 Å². The Hall–Kier alpha value is -2.66. The van der Waals surface area contributed by atoms with Crippen LogP contribution in [0.5, 0.6) is 0 Å². The molecule has 0 unspecified atom stereocenters. The maximum atomic E-state index is 12.3. The first-order valence-electron chi connectivity index (χ1n) is 8.17. The van der Waals surface area contributed by atoms with Crippen LogP contribution >= 0.6 is 0 Å². The highest BCUT2D eigenvalue weighted by Gasteiger charge is 2.31. The van der Waals surface area contributed by atoms with Gasteiger partial charge in [-0.3, -0.25) is 4.79 Å². The van der Waals surface area contributed by atoms with Crippen LogP contribution in [0.25, 0.3) is 11.0 Å². The van der Waals surface area contributed by atoms with Crippen molar-refractivity contribution in [3.05, 3.63) is 66.0 Å². The number of fused-ring (bicyclic) bond motifs is 2. The Kier molecular flexibility index (Phi) is 3.78. The van der Waals surface area contributed by atoms with Crippen LogP contribution in [-0.4, -0.2) is 26.7 Å². The van der Waals surface area contributed by atoms with Crippen molar-refractivity contribution in [2.45, 2.75) is 31.5 Å². The van der Waals surface area contributed by atoms with Crippen LogP contribution in [0.15, 0.2) is 54.9 Å². The number of carbonyl (C=O) groups is 1. The smallest absolute Gasteiger partial charge is 0.222 e. The van der Waals surface area contributed by atoms with Crippen molar-refractivity contribution < 1.29 is 9.90 Å². The lowest BCUT2D eigenvalue weighted by atomic mass is 10.1. The Morgan fingerprint density at radius 2 is 2.00 bits per heavy atom. The molecular formula is C19H19N3O2. The highest BCUT2D eigenvalue weighted by Crippen LogP contribution is 2.31. The summed E-state index contributed by atoms with van der Waals surface area (Å²) in [5.41, 5.74) is 4.08. The number of aryl methyl sites for hydroxylation is 1. The molecule has 24 heavy (non-hydrogen) atoms. The van der Waals surface area contributed by atoms with Gasteiger partial charge in [0.1, 0.15) is 0 Å². The number of benzene rings is 2. The minimum atomic E-state index is -0.555. The lowest BCUT2D eigenvalue weighted by molar-refractivity contribution is -0.122. The third-order valence-corrected chi connectivity index (χ3v) is 4.63. The lowest BCUT2D eigenvalue weighted by Gasteiger charge is -2.18. The Labute approximate surface area is 139 Å². The number of hydrogen-bond acceptors (Lipinski definition) is 3. The number of aliphatic hydroxyl groups excluding tert-OH is 1. The number of rotatable bonds is 4. The van der Waals surface area contributed by atoms with Gasteiger partial charge in [0.2, 0.25) is 5.91 Å². The maximum Gasteiger partial charge on any atom is 0.222 e. The zero-order valence-electron chi connectivity index (χ0n) is 13.2. The summed E-state index contributed by atoms with van der Waals surface area (Å²) in [6, 6.07) is 15.4. The van der Waals surface area contributed by atoms with Crippen LogP contribution in [0.3, 0.4) is 0 Å². The highest BCUT2D eigenvalue weighted by atomic mass is 16.3. The average Bonchev–Trinajstić information content (AvgIpc) is 3.15. The number of nitrogens with zero attached hydrogens (tertiary/aromatic N) is 2. The Morgan fingerprint density at radius 1 is 1.21 bits per heavy atom. The van der Waals surface area contributed by atoms with E-state index in [0.717, 1.165) is 22.2 Å². The molecule has 2 aromatic carbocycles. The minimum absolute atomic E-state index is 0.0615. The van der Waals surface area contributed by atoms with E-state index in [1.165, 1.54) is 0 Å². The summed E-state index contributed by atoms with van der Waals surface area (Å²) in [7, 11) is 0. The molecule has 3 aromatic rings. The maximum absolute atomic E-state index is 12.3. The van der Waals surface area contributed by atoms with Crippen molar-refractivity contribution in [3.8, 4) is 0 Å². The van der Waals surface area contributed by atoms with Crippen molar-refractivity contribution in [2.24, 2.45) is 0 Å². The van der Waals surface area contributed by atoms with Gasteiger partial charge in [0, 0.05) is 19.4 Å². The van der Waals surface area contributed by atoms with Gasteiger partial charge in [-0.05, 0) is 23.3 Å². The number of hydrogen-bond donors (Lipinski definition) is 2. The van der Waals surface area contributed by atoms with Gasteiger partial charge in [0.25, 0.3) is 0 Å². The number of aliphatic hydroxyl groups is 1. The molecule has 1 amide bonds. The molecule has 5 nitrogen and oxygen atoms in total. The molecule has 0 saturated carbocycles. The predicted octanol–water partition coefficient (Wildman–Crippen LogP) is 2.20. The van der Waals surface area contributed by atoms with Crippen LogP contribution in [0.2, 0.25) is 0 Å². The molecule has 4 rings (SSSR count). The van der Waals surface area contributed by atoms with E-state index in [1.807, 2.05) is 53.1 Å². The van der Waals surface area contributed by atoms with Crippen molar-refractivity contribution in [1.29, 1.82) is 0 Å². The minimum Gasteiger partial charge on any atom is -0.390 e. The summed E-state index contributed by atoms with van der Waals surface area (Å²) >= 11 is 0. The van der Waals surface area contributed by atoms with Gasteiger partial charge in [-0.25, -0.2) is 4.98 Å². The SMILES string of the molecule is O=C(CCn1cnc2ccccc21)N[C@H]1c2ccccc2C[C@H]1O. The van der Waals surface area contributed by atoms with E-state index in [4.69, 9.17) is 0 Å². The molecule has 1 heterocycles. The number of carbonyl (C=O) groups excluding carboxylic acids is 1. The van der Waals surface area contributed by atoms with Gasteiger partial charge in [-0.15, -0.1) is 0 Å². The molecular weight excluding hydrogens is 302 g/mol. The summed E-state index contributed by atoms with van der Waals surface area (Å²) in [4.78, 5) is 16.7. The number of amides is 1. The monoisotopic (exact) mass is 321 g/mol. The van der Waals surface area contributed by atoms with Gasteiger partial charge in [-0.2, -0.15) is 0 Å². The lowest BCUT2D eigenvalue weighted by Crippen LogP contribution is -2.34. The fourth-order valence-electron chi connectivity index (χ4n) is 3.40. The molecule has 5 heteroatoms. The van der Waals surface area contributed by atoms with E-state index in [9.17, 15) is 9.90 Å². The van der Waals surface area contributed by atoms with Crippen LogP contribution in [0, 0.1) is 0 Å². The summed E-state index contributed by atoms with van der Waals surface area (Å²) < 4.78 is 1.98. The quantitative estimate of drug-likeness (QED) is 0.774. The van der Waals surface area contributed by atoms with Crippen molar-refractivity contribution in [3.63, 3.8) is 0 Å². The number of para-hydroxylation sites is 2. The van der Waals surface area contributed by atoms with Gasteiger partial charge in [0.05, 0.1) is 29.5 Å². The third kappa shape index (κ3) is 2.67. The standard InChI is InChI=1S/C19H19N3O2/c23-17-11-13-5-1-2-6-14(13)19(17)21-18(24)9-10-22-12-20-15-7-3-4-8-16(15)22/h1-8,12,17,19,23H,9-11H2,(H,21,24)/t17-,19+/m1/s1. The van der Waals surface area contributed by atoms with Crippen molar-refractivity contribution in [1.82, 2.24) is 14.9 Å². The Balaban J connectivity index is 1.42. The first-order valence-corrected chi connectivity index (χ1v) is 8.17. The zero-order valence-corrected chi connectivity index (χ0v) is 13.2. The molecule has 1 aromatic heterocycles. The summed E-state index contributed by atoms with van der Waals surface area (Å²) in [5.74, 6) is -0.0615. The molecule has 122 valence electrons. The molecule has 0 aliphatic heterocycles. The largest absolute Gasteiger partial charge is 0.390 e. The molecule has 0 spiro atoms. The molecule has 1 aliphatic carbocycles. The number of imidazole rings is 1. The fourth-order valence-corrected chi connectivity index (χ4v) is 3.40. The predicted molar refractivity (Wildman–Crippen MR) is 91.4 cm³/mol. The van der Waals surface area contributed by atoms with Gasteiger partial charge in [-0.1, -0.05) is 36.4 Å². The van der Waals surface area contributed by atoms with Gasteiger partial charge >= 0.3 is 0 Å². The van der Waals surface area contributed by atoms with Crippen molar-refractivity contribution >= 4 is 16.9 Å². The highest BCUT2D eigenvalue weighted by molar-refractivity contribution is 5.78. The molecule has 2 N–H and O–H groups in total. The molecule has 0 radical (unpaired) electrons. The second kappa shape index (κ2) is 6.09. The van der Waals surface area contributed by atoms with Crippen LogP contribution in [0.1, 0.15) is 23.6 Å². The summed E-state index contributed by atoms with van der Waals surface area (Å²) in [6.07, 6.45) is 2.15. The Bertz CT molecular complexity index is 887. The van der Waals surface area contributed by atoms with Crippen LogP contribution in [-0.2, 0) is 17.8 Å². The molecule has 0 saturated heterocycles. The van der Waals surface area contributed by atoms with E-state index >= 15 is 0 Å². The Morgan fingerprint density at radius 3 is 2.92 bits per heavy atom. The normalized spacial score (nSPS) is 19.4. The first kappa shape index (κ1) is 14.9. The second-order valence-electron chi connectivity index (χ2n) is 6.19. The molecule has 1 aliphatic rings. The number of aromatic nitrogens is 2. The number of nitrogens with one attached hydrogen (secondary N) is 1. The molecule has 0 fully saturated rings. The van der Waals surface area contributed by atoms with Gasteiger partial charge in [0.15, 0.2) is 0 Å². The van der Waals surface area contributed by atoms with Crippen LogP contribution in [0.4, 0.5) is 0 Å². The van der Waals surface area contributed by atoms with E-state index in [0.29, 0.717) is 19.4 Å². The topological polar surface area (TPSA) is 67.2 Å². The van der Waals surface area contributed by atoms with Crippen LogP contribution < -0.4 is 5.32 Å². The van der Waals surface area contributed by atoms with Crippen molar-refractivity contribution in [2.75, 3.05) is 0 Å². The third-order valence-electron chi connectivity index (χ3n) is 4.63.